The number of rotatable bonds is 3. The lowest BCUT2D eigenvalue weighted by molar-refractivity contribution is -0.390. The van der Waals surface area contributed by atoms with Gasteiger partial charge in [-0.05, 0) is 4.92 Å². The van der Waals surface area contributed by atoms with Crippen LogP contribution in [0.4, 0.5) is 5.82 Å². The first-order valence-corrected chi connectivity index (χ1v) is 3.47. The van der Waals surface area contributed by atoms with Crippen molar-refractivity contribution in [2.45, 2.75) is 6.42 Å². The second-order valence-electron chi connectivity index (χ2n) is 2.14. The van der Waals surface area contributed by atoms with Gasteiger partial charge in [0.2, 0.25) is 0 Å². The molecule has 0 spiro atoms. The average Bonchev–Trinajstić information content (AvgIpc) is 2.33. The van der Waals surface area contributed by atoms with Crippen molar-refractivity contribution in [3.63, 3.8) is 0 Å². The van der Waals surface area contributed by atoms with Gasteiger partial charge in [0.25, 0.3) is 0 Å². The summed E-state index contributed by atoms with van der Waals surface area (Å²) in [6, 6.07) is 0. The number of H-pyrrole nitrogens is 1. The molecule has 0 saturated carbocycles. The number of nitrogens with zero attached hydrogens (tertiary/aromatic N) is 2. The average molecular weight is 186 g/mol. The number of hydrogen-bond donors (Lipinski definition) is 2. The molecule has 0 aliphatic heterocycles. The molecule has 6 nitrogen and oxygen atoms in total. The third-order valence-corrected chi connectivity index (χ3v) is 1.39. The monoisotopic (exact) mass is 186 g/mol. The third kappa shape index (κ3) is 1.76. The van der Waals surface area contributed by atoms with E-state index in [2.05, 4.69) is 22.4 Å². The first kappa shape index (κ1) is 8.60. The van der Waals surface area contributed by atoms with E-state index in [1.807, 2.05) is 0 Å². The Balaban J connectivity index is 2.91. The third-order valence-electron chi connectivity index (χ3n) is 1.24. The molecule has 0 radical (unpaired) electrons. The van der Waals surface area contributed by atoms with Crippen molar-refractivity contribution >= 4 is 23.0 Å². The molecule has 0 bridgehead atoms. The molecule has 0 aromatic carbocycles. The van der Waals surface area contributed by atoms with Crippen LogP contribution in [0.3, 0.4) is 0 Å². The predicted molar refractivity (Wildman–Crippen MR) is 45.7 cm³/mol. The summed E-state index contributed by atoms with van der Waals surface area (Å²) >= 11 is 4.60. The molecule has 1 aromatic heterocycles. The molecule has 0 amide bonds. The normalized spacial score (nSPS) is 9.67. The summed E-state index contributed by atoms with van der Waals surface area (Å²) in [5.41, 5.74) is 5.63. The summed E-state index contributed by atoms with van der Waals surface area (Å²) in [7, 11) is 0. The van der Waals surface area contributed by atoms with E-state index in [4.69, 9.17) is 5.73 Å². The van der Waals surface area contributed by atoms with E-state index in [0.717, 1.165) is 0 Å². The van der Waals surface area contributed by atoms with E-state index in [0.29, 0.717) is 5.56 Å². The number of nitrogens with one attached hydrogen (secondary N) is 1. The zero-order valence-corrected chi connectivity index (χ0v) is 6.80. The Kier molecular flexibility index (Phi) is 2.34. The molecule has 1 rings (SSSR count). The topological polar surface area (TPSA) is 97.8 Å². The molecule has 0 aliphatic carbocycles. The molecule has 1 heterocycles. The summed E-state index contributed by atoms with van der Waals surface area (Å²) in [4.78, 5) is 9.97. The number of thiocarbonyl (C=S) groups is 1. The Bertz CT molecular complexity index is 321. The van der Waals surface area contributed by atoms with E-state index in [9.17, 15) is 10.1 Å². The van der Waals surface area contributed by atoms with Crippen molar-refractivity contribution in [1.82, 2.24) is 10.2 Å². The lowest BCUT2D eigenvalue weighted by Crippen LogP contribution is -2.11. The fourth-order valence-electron chi connectivity index (χ4n) is 0.779. The Morgan fingerprint density at radius 1 is 1.92 bits per heavy atom. The zero-order valence-electron chi connectivity index (χ0n) is 5.98. The SMILES string of the molecule is NC(=S)Cc1cn[nH]c1[N+](=O)[O-]. The summed E-state index contributed by atoms with van der Waals surface area (Å²) in [5, 5.41) is 16.1. The van der Waals surface area contributed by atoms with Gasteiger partial charge in [0.05, 0.1) is 16.7 Å². The van der Waals surface area contributed by atoms with E-state index in [-0.39, 0.29) is 17.2 Å². The first-order chi connectivity index (χ1) is 5.61. The first-order valence-electron chi connectivity index (χ1n) is 3.06. The van der Waals surface area contributed by atoms with E-state index in [1.54, 1.807) is 0 Å². The molecule has 1 aromatic rings. The van der Waals surface area contributed by atoms with E-state index >= 15 is 0 Å². The molecular weight excluding hydrogens is 180 g/mol. The Hall–Kier alpha value is -1.50. The van der Waals surface area contributed by atoms with Crippen LogP contribution >= 0.6 is 12.2 Å². The highest BCUT2D eigenvalue weighted by Crippen LogP contribution is 2.13. The van der Waals surface area contributed by atoms with Gasteiger partial charge in [-0.25, -0.2) is 0 Å². The predicted octanol–water partition coefficient (Wildman–Crippen LogP) is 0.146. The molecule has 0 unspecified atom stereocenters. The van der Waals surface area contributed by atoms with Gasteiger partial charge in [-0.3, -0.25) is 0 Å². The maximum absolute atomic E-state index is 10.3. The highest BCUT2D eigenvalue weighted by molar-refractivity contribution is 7.80. The molecule has 0 fully saturated rings. The van der Waals surface area contributed by atoms with Gasteiger partial charge in [0.1, 0.15) is 0 Å². The van der Waals surface area contributed by atoms with Gasteiger partial charge in [-0.1, -0.05) is 17.3 Å². The van der Waals surface area contributed by atoms with Crippen LogP contribution in [0.1, 0.15) is 5.56 Å². The smallest absolute Gasteiger partial charge is 0.346 e. The standard InChI is InChI=1S/C5H6N4O2S/c6-4(12)1-3-2-7-8-5(3)9(10)11/h2H,1H2,(H2,6,12)(H,7,8). The fourth-order valence-corrected chi connectivity index (χ4v) is 0.935. The number of hydrogen-bond acceptors (Lipinski definition) is 4. The van der Waals surface area contributed by atoms with E-state index in [1.165, 1.54) is 6.20 Å². The molecule has 7 heteroatoms. The summed E-state index contributed by atoms with van der Waals surface area (Å²) < 4.78 is 0. The minimum Gasteiger partial charge on any atom is -0.393 e. The van der Waals surface area contributed by atoms with Gasteiger partial charge >= 0.3 is 5.82 Å². The van der Waals surface area contributed by atoms with E-state index < -0.39 is 4.92 Å². The Labute approximate surface area is 72.9 Å². The van der Waals surface area contributed by atoms with Crippen molar-refractivity contribution in [3.8, 4) is 0 Å². The summed E-state index contributed by atoms with van der Waals surface area (Å²) in [6.45, 7) is 0. The van der Waals surface area contributed by atoms with Gasteiger partial charge < -0.3 is 15.8 Å². The van der Waals surface area contributed by atoms with Crippen LogP contribution in [-0.4, -0.2) is 20.1 Å². The van der Waals surface area contributed by atoms with Crippen LogP contribution in [0, 0.1) is 10.1 Å². The molecular formula is C5H6N4O2S. The van der Waals surface area contributed by atoms with Crippen LogP contribution in [0.5, 0.6) is 0 Å². The van der Waals surface area contributed by atoms with Gasteiger partial charge in [-0.15, -0.1) is 5.10 Å². The quantitative estimate of drug-likeness (QED) is 0.397. The fraction of sp³-hybridized carbons (Fsp3) is 0.200. The molecule has 64 valence electrons. The van der Waals surface area contributed by atoms with Crippen molar-refractivity contribution in [2.24, 2.45) is 5.73 Å². The van der Waals surface area contributed by atoms with Gasteiger partial charge in [0.15, 0.2) is 0 Å². The number of aromatic nitrogens is 2. The maximum Gasteiger partial charge on any atom is 0.346 e. The highest BCUT2D eigenvalue weighted by Gasteiger charge is 2.14. The Morgan fingerprint density at radius 2 is 2.58 bits per heavy atom. The van der Waals surface area contributed by atoms with Crippen LogP contribution < -0.4 is 5.73 Å². The molecule has 0 aliphatic rings. The zero-order chi connectivity index (χ0) is 9.14. The van der Waals surface area contributed by atoms with Crippen LogP contribution in [0.2, 0.25) is 0 Å². The molecule has 0 atom stereocenters. The van der Waals surface area contributed by atoms with Crippen LogP contribution in [0.25, 0.3) is 0 Å². The van der Waals surface area contributed by atoms with Gasteiger partial charge in [0, 0.05) is 6.42 Å². The van der Waals surface area contributed by atoms with Crippen molar-refractivity contribution in [3.05, 3.63) is 21.9 Å². The minimum atomic E-state index is -0.555. The number of nitro groups is 1. The second-order valence-corrected chi connectivity index (χ2v) is 2.67. The van der Waals surface area contributed by atoms with Gasteiger partial charge in [-0.2, -0.15) is 0 Å². The maximum atomic E-state index is 10.3. The van der Waals surface area contributed by atoms with Crippen LogP contribution in [0.15, 0.2) is 6.20 Å². The lowest BCUT2D eigenvalue weighted by Gasteiger charge is -1.94. The largest absolute Gasteiger partial charge is 0.393 e. The second kappa shape index (κ2) is 3.26. The molecule has 12 heavy (non-hydrogen) atoms. The molecule has 3 N–H and O–H groups in total. The van der Waals surface area contributed by atoms with Crippen molar-refractivity contribution in [2.75, 3.05) is 0 Å². The lowest BCUT2D eigenvalue weighted by atomic mass is 10.2. The number of nitrogens with two attached hydrogens (primary N) is 1. The number of aromatic amines is 1. The van der Waals surface area contributed by atoms with Crippen molar-refractivity contribution < 1.29 is 4.92 Å². The summed E-state index contributed by atoms with van der Waals surface area (Å²) in [6.07, 6.45) is 1.54. The highest BCUT2D eigenvalue weighted by atomic mass is 32.1. The molecule has 0 saturated heterocycles. The van der Waals surface area contributed by atoms with Crippen molar-refractivity contribution in [1.29, 1.82) is 0 Å². The summed E-state index contributed by atoms with van der Waals surface area (Å²) in [5.74, 6) is -0.150. The Morgan fingerprint density at radius 3 is 3.08 bits per heavy atom. The van der Waals surface area contributed by atoms with Crippen LogP contribution in [-0.2, 0) is 6.42 Å². The minimum absolute atomic E-state index is 0.150.